The molecule has 0 spiro atoms. The number of rotatable bonds is 7. The molecule has 34 heavy (non-hydrogen) atoms. The van der Waals surface area contributed by atoms with Crippen LogP contribution in [0.4, 0.5) is 0 Å². The average Bonchev–Trinajstić information content (AvgIpc) is 3.43. The fraction of sp³-hybridized carbons (Fsp3) is 0.462. The van der Waals surface area contributed by atoms with Gasteiger partial charge in [0, 0.05) is 39.0 Å². The minimum absolute atomic E-state index is 0.169. The third kappa shape index (κ3) is 10.5. The van der Waals surface area contributed by atoms with Gasteiger partial charge in [-0.25, -0.2) is 0 Å². The van der Waals surface area contributed by atoms with Gasteiger partial charge in [0.25, 0.3) is 0 Å². The minimum Gasteiger partial charge on any atom is -0.508 e. The second kappa shape index (κ2) is 14.7. The highest BCUT2D eigenvalue weighted by Crippen LogP contribution is 2.15. The highest BCUT2D eigenvalue weighted by molar-refractivity contribution is 5.78. The van der Waals surface area contributed by atoms with Crippen LogP contribution in [0.5, 0.6) is 23.0 Å². The van der Waals surface area contributed by atoms with Gasteiger partial charge in [0.1, 0.15) is 23.0 Å². The van der Waals surface area contributed by atoms with Gasteiger partial charge in [-0.3, -0.25) is 9.59 Å². The van der Waals surface area contributed by atoms with E-state index in [9.17, 15) is 9.59 Å². The zero-order valence-electron chi connectivity index (χ0n) is 19.6. The summed E-state index contributed by atoms with van der Waals surface area (Å²) >= 11 is 0. The van der Waals surface area contributed by atoms with E-state index in [2.05, 4.69) is 0 Å². The topological polar surface area (TPSA) is 122 Å². The number of likely N-dealkylation sites (tertiary alicyclic amines) is 2. The number of hydrogen-bond donors (Lipinski definition) is 4. The lowest BCUT2D eigenvalue weighted by molar-refractivity contribution is -0.128. The van der Waals surface area contributed by atoms with Gasteiger partial charge < -0.3 is 30.2 Å². The van der Waals surface area contributed by atoms with Crippen molar-refractivity contribution in [3.05, 3.63) is 48.5 Å². The van der Waals surface area contributed by atoms with Crippen LogP contribution in [0.1, 0.15) is 51.4 Å². The maximum absolute atomic E-state index is 11.4. The summed E-state index contributed by atoms with van der Waals surface area (Å²) in [4.78, 5) is 26.8. The number of benzene rings is 2. The first-order chi connectivity index (χ1) is 16.3. The molecule has 2 fully saturated rings. The van der Waals surface area contributed by atoms with Gasteiger partial charge in [-0.05, 0) is 74.2 Å². The summed E-state index contributed by atoms with van der Waals surface area (Å²) in [6, 6.07) is 11.4. The first kappa shape index (κ1) is 26.8. The van der Waals surface area contributed by atoms with Crippen molar-refractivity contribution < 1.29 is 30.0 Å². The van der Waals surface area contributed by atoms with Crippen molar-refractivity contribution in [1.29, 1.82) is 0 Å². The quantitative estimate of drug-likeness (QED) is 0.357. The smallest absolute Gasteiger partial charge is 0.222 e. The van der Waals surface area contributed by atoms with Crippen LogP contribution in [-0.2, 0) is 9.59 Å². The fourth-order valence-corrected chi connectivity index (χ4v) is 3.75. The van der Waals surface area contributed by atoms with E-state index >= 15 is 0 Å². The maximum atomic E-state index is 11.4. The van der Waals surface area contributed by atoms with E-state index in [0.29, 0.717) is 11.8 Å². The molecule has 0 bridgehead atoms. The molecule has 0 atom stereocenters. The lowest BCUT2D eigenvalue weighted by atomic mass is 10.2. The molecular formula is C26H36N2O6. The molecule has 4 rings (SSSR count). The summed E-state index contributed by atoms with van der Waals surface area (Å²) in [6.45, 7) is 3.78. The molecule has 2 saturated heterocycles. The molecule has 4 N–H and O–H groups in total. The van der Waals surface area contributed by atoms with Gasteiger partial charge in [0.2, 0.25) is 11.8 Å². The first-order valence-electron chi connectivity index (χ1n) is 11.9. The zero-order chi connectivity index (χ0) is 24.8. The molecule has 8 nitrogen and oxygen atoms in total. The van der Waals surface area contributed by atoms with Gasteiger partial charge in [-0.15, -0.1) is 0 Å². The molecule has 2 aliphatic heterocycles. The Bertz CT molecular complexity index is 754. The molecule has 0 radical (unpaired) electrons. The first-order valence-corrected chi connectivity index (χ1v) is 11.9. The summed E-state index contributed by atoms with van der Waals surface area (Å²) in [7, 11) is 0. The number of aromatic hydroxyl groups is 4. The summed E-state index contributed by atoms with van der Waals surface area (Å²) in [6.07, 6.45) is 8.14. The Morgan fingerprint density at radius 2 is 0.824 bits per heavy atom. The Labute approximate surface area is 201 Å². The van der Waals surface area contributed by atoms with Crippen molar-refractivity contribution in [2.24, 2.45) is 0 Å². The van der Waals surface area contributed by atoms with E-state index in [0.717, 1.165) is 64.7 Å². The van der Waals surface area contributed by atoms with Gasteiger partial charge in [-0.1, -0.05) is 12.8 Å². The van der Waals surface area contributed by atoms with Crippen molar-refractivity contribution >= 4 is 11.8 Å². The predicted octanol–water partition coefficient (Wildman–Crippen LogP) is 3.99. The van der Waals surface area contributed by atoms with Crippen LogP contribution in [0, 0.1) is 0 Å². The minimum atomic E-state index is 0.169. The Morgan fingerprint density at radius 1 is 0.529 bits per heavy atom. The molecule has 0 saturated carbocycles. The van der Waals surface area contributed by atoms with Crippen molar-refractivity contribution in [3.8, 4) is 23.0 Å². The van der Waals surface area contributed by atoms with E-state index in [1.807, 2.05) is 9.80 Å². The molecule has 2 aromatic carbocycles. The van der Waals surface area contributed by atoms with Gasteiger partial charge in [0.05, 0.1) is 0 Å². The van der Waals surface area contributed by atoms with Gasteiger partial charge >= 0.3 is 0 Å². The van der Waals surface area contributed by atoms with Gasteiger partial charge in [0.15, 0.2) is 0 Å². The average molecular weight is 473 g/mol. The molecule has 186 valence electrons. The van der Waals surface area contributed by atoms with E-state index in [1.165, 1.54) is 61.4 Å². The van der Waals surface area contributed by atoms with Crippen LogP contribution >= 0.6 is 0 Å². The second-order valence-corrected chi connectivity index (χ2v) is 8.42. The highest BCUT2D eigenvalue weighted by atomic mass is 16.3. The Morgan fingerprint density at radius 3 is 1.06 bits per heavy atom. The third-order valence-corrected chi connectivity index (χ3v) is 5.65. The normalized spacial score (nSPS) is 14.9. The summed E-state index contributed by atoms with van der Waals surface area (Å²) in [5.41, 5.74) is 0. The van der Waals surface area contributed by atoms with Crippen LogP contribution in [0.3, 0.4) is 0 Å². The van der Waals surface area contributed by atoms with Crippen LogP contribution < -0.4 is 0 Å². The van der Waals surface area contributed by atoms with E-state index in [1.54, 1.807) is 0 Å². The molecule has 2 aliphatic rings. The van der Waals surface area contributed by atoms with Crippen molar-refractivity contribution in [2.45, 2.75) is 51.4 Å². The van der Waals surface area contributed by atoms with E-state index < -0.39 is 0 Å². The van der Waals surface area contributed by atoms with Crippen LogP contribution in [-0.4, -0.2) is 68.2 Å². The molecule has 0 aromatic heterocycles. The second-order valence-electron chi connectivity index (χ2n) is 8.42. The zero-order valence-corrected chi connectivity index (χ0v) is 19.6. The Kier molecular flexibility index (Phi) is 11.6. The molecule has 2 aromatic rings. The molecule has 2 heterocycles. The van der Waals surface area contributed by atoms with Crippen LogP contribution in [0.2, 0.25) is 0 Å². The molecule has 0 unspecified atom stereocenters. The number of hydrogen-bond acceptors (Lipinski definition) is 6. The number of nitrogens with zero attached hydrogens (tertiary/aromatic N) is 2. The number of carbonyl (C=O) groups is 2. The van der Waals surface area contributed by atoms with E-state index in [4.69, 9.17) is 20.4 Å². The van der Waals surface area contributed by atoms with E-state index in [-0.39, 0.29) is 23.0 Å². The molecule has 0 aliphatic carbocycles. The summed E-state index contributed by atoms with van der Waals surface area (Å²) < 4.78 is 0. The highest BCUT2D eigenvalue weighted by Gasteiger charge is 2.20. The maximum Gasteiger partial charge on any atom is 0.222 e. The monoisotopic (exact) mass is 472 g/mol. The Balaban J connectivity index is 0.000000210. The number of phenols is 4. The lowest BCUT2D eigenvalue weighted by Crippen LogP contribution is -2.26. The van der Waals surface area contributed by atoms with Gasteiger partial charge in [-0.2, -0.15) is 0 Å². The third-order valence-electron chi connectivity index (χ3n) is 5.65. The number of carbonyl (C=O) groups excluding carboxylic acids is 2. The summed E-state index contributed by atoms with van der Waals surface area (Å²) in [5.74, 6) is 1.34. The lowest BCUT2D eigenvalue weighted by Gasteiger charge is -2.16. The van der Waals surface area contributed by atoms with Crippen molar-refractivity contribution in [2.75, 3.05) is 26.2 Å². The predicted molar refractivity (Wildman–Crippen MR) is 130 cm³/mol. The molecule has 8 heteroatoms. The molecular weight excluding hydrogens is 436 g/mol. The Hall–Kier alpha value is -3.42. The van der Waals surface area contributed by atoms with Crippen LogP contribution in [0.15, 0.2) is 48.5 Å². The summed E-state index contributed by atoms with van der Waals surface area (Å²) in [5, 5.41) is 34.6. The number of phenolic OH excluding ortho intramolecular Hbond substituents is 4. The van der Waals surface area contributed by atoms with Crippen molar-refractivity contribution in [1.82, 2.24) is 9.80 Å². The standard InChI is InChI=1S/C14H24N2O2.2C6H6O2/c17-13-7-5-11-15(13)9-3-1-2-4-10-16-12-6-8-14(16)18;2*7-5-1-2-6(8)4-3-5/h1-12H2;2*1-4,7-8H. The van der Waals surface area contributed by atoms with Crippen molar-refractivity contribution in [3.63, 3.8) is 0 Å². The number of unbranched alkanes of at least 4 members (excludes halogenated alkanes) is 3. The SMILES string of the molecule is O=C1CCCN1CCCCCCN1CCCC1=O.Oc1ccc(O)cc1.Oc1ccc(O)cc1. The largest absolute Gasteiger partial charge is 0.508 e. The molecule has 2 amide bonds. The number of amides is 2. The fourth-order valence-electron chi connectivity index (χ4n) is 3.75. The van der Waals surface area contributed by atoms with Crippen LogP contribution in [0.25, 0.3) is 0 Å².